The molecule has 7 heteroatoms. The maximum atomic E-state index is 6.06. The Labute approximate surface area is 160 Å². The summed E-state index contributed by atoms with van der Waals surface area (Å²) in [6.07, 6.45) is 5.81. The van der Waals surface area contributed by atoms with E-state index in [1.165, 1.54) is 25.3 Å². The van der Waals surface area contributed by atoms with Gasteiger partial charge < -0.3 is 14.8 Å². The summed E-state index contributed by atoms with van der Waals surface area (Å²) in [5.74, 6) is 1.75. The molecule has 136 valence electrons. The Balaban J connectivity index is 0.00000182. The molecule has 2 aliphatic rings. The Hall–Kier alpha value is -1.14. The Bertz CT molecular complexity index is 693. The molecule has 0 amide bonds. The summed E-state index contributed by atoms with van der Waals surface area (Å²) >= 11 is 6.06. The van der Waals surface area contributed by atoms with Gasteiger partial charge in [0.2, 0.25) is 0 Å². The van der Waals surface area contributed by atoms with Gasteiger partial charge in [0.1, 0.15) is 16.7 Å². The molecule has 0 unspecified atom stereocenters. The summed E-state index contributed by atoms with van der Waals surface area (Å²) < 4.78 is 2.35. The zero-order chi connectivity index (χ0) is 16.4. The van der Waals surface area contributed by atoms with Gasteiger partial charge in [-0.2, -0.15) is 0 Å². The smallest absolute Gasteiger partial charge is 0.129 e. The van der Waals surface area contributed by atoms with E-state index in [2.05, 4.69) is 26.0 Å². The van der Waals surface area contributed by atoms with E-state index in [-0.39, 0.29) is 12.4 Å². The van der Waals surface area contributed by atoms with Crippen LogP contribution in [0.15, 0.2) is 24.4 Å². The first-order valence-electron chi connectivity index (χ1n) is 8.93. The average Bonchev–Trinajstić information content (AvgIpc) is 2.99. The fraction of sp³-hybridized carbons (Fsp3) is 0.556. The number of nitrogens with one attached hydrogen (secondary N) is 1. The molecule has 4 heterocycles. The van der Waals surface area contributed by atoms with Gasteiger partial charge in [0.05, 0.1) is 5.69 Å². The highest BCUT2D eigenvalue weighted by atomic mass is 35.5. The molecule has 4 rings (SSSR count). The number of piperidine rings is 1. The van der Waals surface area contributed by atoms with E-state index in [1.807, 2.05) is 12.1 Å². The van der Waals surface area contributed by atoms with Crippen LogP contribution in [0.4, 0.5) is 0 Å². The second-order valence-corrected chi connectivity index (χ2v) is 7.13. The molecule has 2 saturated heterocycles. The first-order chi connectivity index (χ1) is 11.8. The summed E-state index contributed by atoms with van der Waals surface area (Å²) in [5.41, 5.74) is 1.80. The van der Waals surface area contributed by atoms with Crippen molar-refractivity contribution in [3.05, 3.63) is 35.4 Å². The van der Waals surface area contributed by atoms with E-state index in [1.54, 1.807) is 6.07 Å². The lowest BCUT2D eigenvalue weighted by atomic mass is 9.97. The number of aromatic nitrogens is 3. The molecular weight excluding hydrogens is 357 g/mol. The van der Waals surface area contributed by atoms with Gasteiger partial charge in [0.25, 0.3) is 0 Å². The molecule has 0 radical (unpaired) electrons. The number of pyridine rings is 1. The van der Waals surface area contributed by atoms with E-state index in [4.69, 9.17) is 16.6 Å². The number of halogens is 2. The quantitative estimate of drug-likeness (QED) is 0.807. The van der Waals surface area contributed by atoms with E-state index < -0.39 is 0 Å². The van der Waals surface area contributed by atoms with Crippen molar-refractivity contribution in [2.24, 2.45) is 0 Å². The summed E-state index contributed by atoms with van der Waals surface area (Å²) in [6.45, 7) is 6.74. The predicted molar refractivity (Wildman–Crippen MR) is 104 cm³/mol. The lowest BCUT2D eigenvalue weighted by Crippen LogP contribution is -2.39. The van der Waals surface area contributed by atoms with Crippen molar-refractivity contribution in [3.8, 4) is 11.4 Å². The van der Waals surface area contributed by atoms with Crippen LogP contribution in [0.1, 0.15) is 31.0 Å². The third-order valence-corrected chi connectivity index (χ3v) is 5.31. The molecule has 5 nitrogen and oxygen atoms in total. The molecule has 0 saturated carbocycles. The minimum absolute atomic E-state index is 0. The Morgan fingerprint density at radius 1 is 1.08 bits per heavy atom. The van der Waals surface area contributed by atoms with Crippen molar-refractivity contribution in [2.75, 3.05) is 32.7 Å². The van der Waals surface area contributed by atoms with Crippen LogP contribution in [-0.4, -0.2) is 52.2 Å². The predicted octanol–water partition coefficient (Wildman–Crippen LogP) is 3.19. The SMILES string of the molecule is Cl.Clc1cccc(-c2cn(CCN3CCC3)c(C3CCNCC3)n2)n1. The molecule has 2 aliphatic heterocycles. The number of imidazole rings is 1. The van der Waals surface area contributed by atoms with Gasteiger partial charge in [-0.25, -0.2) is 9.97 Å². The third-order valence-electron chi connectivity index (χ3n) is 5.10. The Kier molecular flexibility index (Phi) is 6.34. The minimum Gasteiger partial charge on any atom is -0.333 e. The minimum atomic E-state index is 0. The van der Waals surface area contributed by atoms with Crippen molar-refractivity contribution in [3.63, 3.8) is 0 Å². The molecular formula is C18H25Cl2N5. The molecule has 2 aromatic rings. The third kappa shape index (κ3) is 4.34. The highest BCUT2D eigenvalue weighted by Crippen LogP contribution is 2.28. The maximum absolute atomic E-state index is 6.06. The van der Waals surface area contributed by atoms with Crippen LogP contribution < -0.4 is 5.32 Å². The maximum Gasteiger partial charge on any atom is 0.129 e. The standard InChI is InChI=1S/C18H24ClN5.ClH/c19-17-4-1-3-15(21-17)16-13-24(12-11-23-9-2-10-23)18(22-16)14-5-7-20-8-6-14;/h1,3-4,13-14,20H,2,5-12H2;1H. The molecule has 2 aromatic heterocycles. The fourth-order valence-electron chi connectivity index (χ4n) is 3.54. The number of nitrogens with zero attached hydrogens (tertiary/aromatic N) is 4. The van der Waals surface area contributed by atoms with Crippen molar-refractivity contribution >= 4 is 24.0 Å². The molecule has 1 N–H and O–H groups in total. The number of likely N-dealkylation sites (tertiary alicyclic amines) is 1. The van der Waals surface area contributed by atoms with Crippen LogP contribution in [0.5, 0.6) is 0 Å². The van der Waals surface area contributed by atoms with Crippen molar-refractivity contribution in [2.45, 2.75) is 31.7 Å². The van der Waals surface area contributed by atoms with Gasteiger partial charge in [-0.1, -0.05) is 17.7 Å². The second-order valence-electron chi connectivity index (χ2n) is 6.74. The van der Waals surface area contributed by atoms with E-state index >= 15 is 0 Å². The summed E-state index contributed by atoms with van der Waals surface area (Å²) in [4.78, 5) is 11.9. The van der Waals surface area contributed by atoms with Crippen molar-refractivity contribution in [1.29, 1.82) is 0 Å². The molecule has 0 aliphatic carbocycles. The molecule has 2 fully saturated rings. The second kappa shape index (κ2) is 8.49. The number of hydrogen-bond donors (Lipinski definition) is 1. The lowest BCUT2D eigenvalue weighted by Gasteiger charge is -2.31. The van der Waals surface area contributed by atoms with E-state index in [9.17, 15) is 0 Å². The Morgan fingerprint density at radius 3 is 2.56 bits per heavy atom. The zero-order valence-corrected chi connectivity index (χ0v) is 15.9. The van der Waals surface area contributed by atoms with E-state index in [0.717, 1.165) is 50.4 Å². The summed E-state index contributed by atoms with van der Waals surface area (Å²) in [5, 5.41) is 3.96. The number of hydrogen-bond acceptors (Lipinski definition) is 4. The van der Waals surface area contributed by atoms with Crippen LogP contribution in [-0.2, 0) is 6.54 Å². The van der Waals surface area contributed by atoms with Gasteiger partial charge in [-0.3, -0.25) is 0 Å². The van der Waals surface area contributed by atoms with Gasteiger partial charge in [-0.15, -0.1) is 12.4 Å². The molecule has 0 aromatic carbocycles. The first kappa shape index (κ1) is 18.6. The molecule has 0 spiro atoms. The highest BCUT2D eigenvalue weighted by Gasteiger charge is 2.23. The zero-order valence-electron chi connectivity index (χ0n) is 14.3. The van der Waals surface area contributed by atoms with E-state index in [0.29, 0.717) is 11.1 Å². The van der Waals surface area contributed by atoms with Crippen molar-refractivity contribution in [1.82, 2.24) is 24.8 Å². The van der Waals surface area contributed by atoms with Gasteiger partial charge in [0, 0.05) is 25.2 Å². The Morgan fingerprint density at radius 2 is 1.88 bits per heavy atom. The van der Waals surface area contributed by atoms with Crippen LogP contribution >= 0.6 is 24.0 Å². The van der Waals surface area contributed by atoms with Crippen LogP contribution in [0.2, 0.25) is 5.15 Å². The lowest BCUT2D eigenvalue weighted by molar-refractivity contribution is 0.173. The van der Waals surface area contributed by atoms with Crippen LogP contribution in [0, 0.1) is 0 Å². The summed E-state index contributed by atoms with van der Waals surface area (Å²) in [7, 11) is 0. The summed E-state index contributed by atoms with van der Waals surface area (Å²) in [6, 6.07) is 5.73. The van der Waals surface area contributed by atoms with Gasteiger partial charge in [-0.05, 0) is 57.6 Å². The highest BCUT2D eigenvalue weighted by molar-refractivity contribution is 6.29. The number of rotatable bonds is 5. The fourth-order valence-corrected chi connectivity index (χ4v) is 3.71. The van der Waals surface area contributed by atoms with Crippen LogP contribution in [0.25, 0.3) is 11.4 Å². The van der Waals surface area contributed by atoms with Crippen LogP contribution in [0.3, 0.4) is 0 Å². The normalized spacial score (nSPS) is 18.6. The topological polar surface area (TPSA) is 46.0 Å². The average molecular weight is 382 g/mol. The monoisotopic (exact) mass is 381 g/mol. The van der Waals surface area contributed by atoms with Gasteiger partial charge >= 0.3 is 0 Å². The molecule has 0 bridgehead atoms. The molecule has 0 atom stereocenters. The van der Waals surface area contributed by atoms with Gasteiger partial charge in [0.15, 0.2) is 0 Å². The van der Waals surface area contributed by atoms with Crippen molar-refractivity contribution < 1.29 is 0 Å². The molecule has 25 heavy (non-hydrogen) atoms. The first-order valence-corrected chi connectivity index (χ1v) is 9.30. The largest absolute Gasteiger partial charge is 0.333 e.